The number of hydrogen-bond donors (Lipinski definition) is 1. The van der Waals surface area contributed by atoms with Gasteiger partial charge in [-0.15, -0.1) is 11.3 Å². The minimum absolute atomic E-state index is 0.00544. The number of likely N-dealkylation sites (tertiary alicyclic amines) is 3. The van der Waals surface area contributed by atoms with Gasteiger partial charge in [0, 0.05) is 114 Å². The van der Waals surface area contributed by atoms with Crippen molar-refractivity contribution in [3.8, 4) is 0 Å². The number of nitrogens with one attached hydrogen (secondary N) is 1. The van der Waals surface area contributed by atoms with E-state index in [4.69, 9.17) is 14.2 Å². The zero-order valence-corrected chi connectivity index (χ0v) is 73.0. The number of carbonyl (C=O) groups excluding carboxylic acids is 11. The first kappa shape index (κ1) is 94.3. The van der Waals surface area contributed by atoms with Crippen LogP contribution in [0.2, 0.25) is 0 Å². The summed E-state index contributed by atoms with van der Waals surface area (Å²) in [7, 11) is 12.0. The molecule has 0 radical (unpaired) electrons. The third-order valence-electron chi connectivity index (χ3n) is 24.4. The van der Waals surface area contributed by atoms with Gasteiger partial charge in [0.25, 0.3) is 11.8 Å². The molecule has 1 unspecified atom stereocenters. The number of esters is 1. The SMILES string of the molecule is CC[C@H](C)[C@@H]([C@@H](CC(=O)N1CCC[C@H]1[C@H](C)[C@@H](C)C(=O)C[C@@H](Cc1ccccc1)c1nccs1)OC)N(C)C(=O)[C@@H](CC(=O)[C@@H](NC)C(C)C)C(C)C.COC1=CC(=O)N(C(=O)[C@@H](OC(=O)[C@@H]2CCCN2C(=O)C2CCCN2C(=O)[C@H](C(C)C)N(C)C(=O)[C@@H](CC(=O)[C@H](C(C)C)N(C)C)C(C)C)C(C)C)[C@H]1Cc1ccccc1. The van der Waals surface area contributed by atoms with E-state index in [1.807, 2.05) is 154 Å². The van der Waals surface area contributed by atoms with E-state index < -0.39 is 71.9 Å². The van der Waals surface area contributed by atoms with Gasteiger partial charge in [-0.2, -0.15) is 0 Å². The van der Waals surface area contributed by atoms with Gasteiger partial charge >= 0.3 is 5.97 Å². The molecular weight excluding hydrogens is 1450 g/mol. The van der Waals surface area contributed by atoms with E-state index in [0.29, 0.717) is 57.4 Å². The third kappa shape index (κ3) is 24.1. The second kappa shape index (κ2) is 44.0. The van der Waals surface area contributed by atoms with Crippen LogP contribution in [0.4, 0.5) is 0 Å². The first-order valence-corrected chi connectivity index (χ1v) is 42.5. The molecule has 0 aliphatic carbocycles. The number of amides is 7. The lowest BCUT2D eigenvalue weighted by Gasteiger charge is -2.40. The molecule has 4 aliphatic rings. The van der Waals surface area contributed by atoms with Crippen molar-refractivity contribution in [1.82, 2.24) is 44.6 Å². The lowest BCUT2D eigenvalue weighted by Crippen LogP contribution is -2.58. The van der Waals surface area contributed by atoms with Crippen LogP contribution >= 0.6 is 11.3 Å². The second-order valence-electron chi connectivity index (χ2n) is 34.5. The van der Waals surface area contributed by atoms with Crippen molar-refractivity contribution >= 4 is 76.0 Å². The fourth-order valence-corrected chi connectivity index (χ4v) is 18.4. The Balaban J connectivity index is 0.000000355. The molecule has 24 heteroatoms. The molecule has 3 saturated heterocycles. The van der Waals surface area contributed by atoms with Crippen LogP contribution in [0.1, 0.15) is 203 Å². The van der Waals surface area contributed by atoms with Crippen molar-refractivity contribution in [1.29, 1.82) is 0 Å². The number of methoxy groups -OCH3 is 2. The van der Waals surface area contributed by atoms with Crippen LogP contribution in [-0.2, 0) is 79.8 Å². The van der Waals surface area contributed by atoms with E-state index in [-0.39, 0.29) is 150 Å². The summed E-state index contributed by atoms with van der Waals surface area (Å²) >= 11 is 1.60. The summed E-state index contributed by atoms with van der Waals surface area (Å²) in [6.45, 7) is 32.5. The molecule has 16 atom stereocenters. The first-order chi connectivity index (χ1) is 53.4. The maximum Gasteiger partial charge on any atom is 0.329 e. The Kier molecular flexibility index (Phi) is 36.7. The van der Waals surface area contributed by atoms with Crippen molar-refractivity contribution in [3.05, 3.63) is 100 Å². The number of Topliss-reactive ketones (excluding diaryl/α,β-unsaturated/α-hetero) is 3. The molecule has 3 aromatic rings. The van der Waals surface area contributed by atoms with Crippen LogP contribution in [-0.4, -0.2) is 234 Å². The number of ketones is 3. The number of ether oxygens (including phenoxy) is 3. The Morgan fingerprint density at radius 2 is 1.15 bits per heavy atom. The van der Waals surface area contributed by atoms with Crippen molar-refractivity contribution in [2.75, 3.05) is 69.1 Å². The highest BCUT2D eigenvalue weighted by Crippen LogP contribution is 2.37. The zero-order chi connectivity index (χ0) is 84.2. The number of nitrogens with zero attached hydrogens (tertiary/aromatic N) is 8. The molecule has 7 amide bonds. The van der Waals surface area contributed by atoms with Crippen LogP contribution in [0.25, 0.3) is 0 Å². The number of benzene rings is 2. The Morgan fingerprint density at radius 1 is 0.602 bits per heavy atom. The Morgan fingerprint density at radius 3 is 1.66 bits per heavy atom. The molecule has 0 bridgehead atoms. The highest BCUT2D eigenvalue weighted by atomic mass is 32.1. The van der Waals surface area contributed by atoms with Crippen LogP contribution in [0.3, 0.4) is 0 Å². The van der Waals surface area contributed by atoms with Gasteiger partial charge in [-0.3, -0.25) is 57.7 Å². The molecule has 5 heterocycles. The monoisotopic (exact) mass is 1590 g/mol. The predicted molar refractivity (Wildman–Crippen MR) is 441 cm³/mol. The number of aromatic nitrogens is 1. The number of hydrogen-bond acceptors (Lipinski definition) is 18. The van der Waals surface area contributed by atoms with Crippen LogP contribution in [0.5, 0.6) is 0 Å². The van der Waals surface area contributed by atoms with E-state index in [2.05, 4.69) is 43.2 Å². The molecule has 628 valence electrons. The molecule has 1 N–H and O–H groups in total. The Labute approximate surface area is 679 Å². The van der Waals surface area contributed by atoms with Gasteiger partial charge in [0.1, 0.15) is 35.7 Å². The summed E-state index contributed by atoms with van der Waals surface area (Å²) in [6, 6.07) is 15.1. The molecule has 0 spiro atoms. The smallest absolute Gasteiger partial charge is 0.329 e. The molecule has 7 rings (SSSR count). The number of likely N-dealkylation sites (N-methyl/N-ethyl adjacent to an activating group) is 4. The van der Waals surface area contributed by atoms with Gasteiger partial charge < -0.3 is 44.0 Å². The van der Waals surface area contributed by atoms with Gasteiger partial charge in [0.2, 0.25) is 29.5 Å². The van der Waals surface area contributed by atoms with Crippen molar-refractivity contribution in [2.45, 2.75) is 261 Å². The summed E-state index contributed by atoms with van der Waals surface area (Å²) in [5, 5.41) is 6.08. The molecule has 0 saturated carbocycles. The minimum atomic E-state index is -1.31. The molecule has 1 aromatic heterocycles. The normalized spacial score (nSPS) is 20.5. The average Bonchev–Trinajstić information content (AvgIpc) is 1.68. The summed E-state index contributed by atoms with van der Waals surface area (Å²) in [5.74, 6) is -4.68. The fourth-order valence-electron chi connectivity index (χ4n) is 17.7. The predicted octanol–water partition coefficient (Wildman–Crippen LogP) is 11.8. The molecular formula is C89H137N9O14S. The molecule has 113 heavy (non-hydrogen) atoms. The molecule has 2 aromatic carbocycles. The van der Waals surface area contributed by atoms with Crippen molar-refractivity contribution in [2.24, 2.45) is 65.1 Å². The van der Waals surface area contributed by atoms with Crippen molar-refractivity contribution < 1.29 is 67.0 Å². The van der Waals surface area contributed by atoms with Gasteiger partial charge in [0.05, 0.1) is 42.8 Å². The van der Waals surface area contributed by atoms with Gasteiger partial charge in [-0.25, -0.2) is 9.78 Å². The lowest BCUT2D eigenvalue weighted by molar-refractivity contribution is -0.170. The minimum Gasteiger partial charge on any atom is -0.499 e. The highest BCUT2D eigenvalue weighted by Gasteiger charge is 2.50. The lowest BCUT2D eigenvalue weighted by atomic mass is 9.81. The summed E-state index contributed by atoms with van der Waals surface area (Å²) in [4.78, 5) is 170. The quantitative estimate of drug-likeness (QED) is 0.0519. The standard InChI is InChI=1S/C46H69N5O9.C43H68N4O5S/c1-27(2)32(25-36(52)39(28(3)4)47(9)10)42(54)48(11)40(29(5)6)44(56)49-22-16-20-33(49)43(55)50-23-17-21-34(50)46(58)60-41(30(7)8)45(57)51-35(37(59-12)26-38(51)53)24-31-18-14-13-15-19-31;1-12-29(6)41(46(10)43(51)34(27(2)3)25-37(49)40(44-9)28(4)5)38(52-11)26-39(50)47-21-16-19-35(47)30(7)31(8)36(48)24-33(42-45-20-22-53-42)23-32-17-14-13-15-18-32/h13-15,18-19,26-30,32-35,39-41H,16-17,20-25H2,1-12H3;13-15,17-18,20,22,27-31,33-35,38,40-41,44H,12,16,19,21,23-26H2,1-11H3/t32-,33?,34-,35-,39-,40-,41-;29-,30+,31+,33+,34-,35-,38+,40-,41-/m00/s1. The second-order valence-corrected chi connectivity index (χ2v) is 35.4. The molecule has 3 fully saturated rings. The van der Waals surface area contributed by atoms with E-state index >= 15 is 0 Å². The summed E-state index contributed by atoms with van der Waals surface area (Å²) in [6.07, 6.45) is 7.39. The number of imide groups is 1. The van der Waals surface area contributed by atoms with E-state index in [1.54, 1.807) is 69.4 Å². The van der Waals surface area contributed by atoms with Gasteiger partial charge in [-0.05, 0) is 125 Å². The van der Waals surface area contributed by atoms with Gasteiger partial charge in [-0.1, -0.05) is 178 Å². The zero-order valence-electron chi connectivity index (χ0n) is 72.2. The van der Waals surface area contributed by atoms with Crippen LogP contribution in [0, 0.1) is 65.1 Å². The number of carbonyl (C=O) groups is 11. The highest BCUT2D eigenvalue weighted by molar-refractivity contribution is 7.09. The van der Waals surface area contributed by atoms with E-state index in [9.17, 15) is 52.7 Å². The van der Waals surface area contributed by atoms with Crippen LogP contribution in [0.15, 0.2) is 84.1 Å². The maximum absolute atomic E-state index is 14.5. The number of rotatable bonds is 40. The largest absolute Gasteiger partial charge is 0.499 e. The average molecular weight is 1590 g/mol. The maximum atomic E-state index is 14.5. The van der Waals surface area contributed by atoms with Gasteiger partial charge in [0.15, 0.2) is 17.7 Å². The fraction of sp³-hybridized carbons (Fsp3) is 0.685. The van der Waals surface area contributed by atoms with E-state index in [0.717, 1.165) is 41.2 Å². The Bertz CT molecular complexity index is 3650. The van der Waals surface area contributed by atoms with Crippen LogP contribution < -0.4 is 5.32 Å². The van der Waals surface area contributed by atoms with E-state index in [1.165, 1.54) is 28.5 Å². The topological polar surface area (TPSA) is 263 Å². The van der Waals surface area contributed by atoms with Crippen molar-refractivity contribution in [3.63, 3.8) is 0 Å². The first-order valence-electron chi connectivity index (χ1n) is 41.6. The third-order valence-corrected chi connectivity index (χ3v) is 25.3. The molecule has 23 nitrogen and oxygen atoms in total. The number of thiazole rings is 1. The summed E-state index contributed by atoms with van der Waals surface area (Å²) in [5.41, 5.74) is 2.08. The molecule has 4 aliphatic heterocycles. The summed E-state index contributed by atoms with van der Waals surface area (Å²) < 4.78 is 17.5. The Hall–Kier alpha value is -7.54.